The molecule has 6 heteroatoms. The molecule has 1 aromatic heterocycles. The molecule has 0 aliphatic carbocycles. The molecule has 17 heavy (non-hydrogen) atoms. The van der Waals surface area contributed by atoms with Crippen LogP contribution in [0.2, 0.25) is 0 Å². The zero-order valence-electron chi connectivity index (χ0n) is 10.3. The molecule has 1 fully saturated rings. The molecule has 96 valence electrons. The van der Waals surface area contributed by atoms with Gasteiger partial charge in [-0.1, -0.05) is 18.5 Å². The van der Waals surface area contributed by atoms with Gasteiger partial charge in [0.2, 0.25) is 5.89 Å². The molecule has 0 saturated carbocycles. The van der Waals surface area contributed by atoms with Crippen molar-refractivity contribution < 1.29 is 4.52 Å². The Bertz CT molecular complexity index is 361. The Morgan fingerprint density at radius 1 is 1.53 bits per heavy atom. The van der Waals surface area contributed by atoms with Gasteiger partial charge < -0.3 is 10.3 Å². The van der Waals surface area contributed by atoms with E-state index in [1.165, 1.54) is 5.75 Å². The van der Waals surface area contributed by atoms with Crippen molar-refractivity contribution in [1.29, 1.82) is 0 Å². The smallest absolute Gasteiger partial charge is 0.246 e. The maximum Gasteiger partial charge on any atom is 0.246 e. The van der Waals surface area contributed by atoms with Gasteiger partial charge in [-0.05, 0) is 13.3 Å². The van der Waals surface area contributed by atoms with Crippen molar-refractivity contribution in [3.8, 4) is 0 Å². The average Bonchev–Trinajstić information content (AvgIpc) is 2.80. The second-order valence-corrected chi connectivity index (χ2v) is 7.02. The molecule has 0 bridgehead atoms. The summed E-state index contributed by atoms with van der Waals surface area (Å²) in [6.07, 6.45) is 1.87. The van der Waals surface area contributed by atoms with E-state index in [4.69, 9.17) is 10.3 Å². The highest BCUT2D eigenvalue weighted by Crippen LogP contribution is 2.35. The molecule has 2 rings (SSSR count). The Morgan fingerprint density at radius 3 is 3.00 bits per heavy atom. The zero-order valence-corrected chi connectivity index (χ0v) is 11.9. The van der Waals surface area contributed by atoms with Crippen LogP contribution in [0.1, 0.15) is 43.7 Å². The lowest BCUT2D eigenvalue weighted by atomic mass is 9.98. The van der Waals surface area contributed by atoms with Crippen LogP contribution < -0.4 is 5.73 Å². The number of hydrogen-bond donors (Lipinski definition) is 1. The molecule has 0 radical (unpaired) electrons. The highest BCUT2D eigenvalue weighted by atomic mass is 32.2. The minimum Gasteiger partial charge on any atom is -0.337 e. The van der Waals surface area contributed by atoms with Gasteiger partial charge in [0.15, 0.2) is 5.82 Å². The maximum atomic E-state index is 6.18. The van der Waals surface area contributed by atoms with Crippen LogP contribution in [0.3, 0.4) is 0 Å². The molecule has 0 aromatic carbocycles. The number of nitrogens with two attached hydrogens (primary N) is 1. The van der Waals surface area contributed by atoms with Gasteiger partial charge in [-0.25, -0.2) is 0 Å². The van der Waals surface area contributed by atoms with Gasteiger partial charge in [0.25, 0.3) is 0 Å². The summed E-state index contributed by atoms with van der Waals surface area (Å²) in [5.74, 6) is 4.83. The lowest BCUT2D eigenvalue weighted by Crippen LogP contribution is -2.33. The van der Waals surface area contributed by atoms with Crippen molar-refractivity contribution in [3.63, 3.8) is 0 Å². The van der Waals surface area contributed by atoms with Crippen LogP contribution in [0.15, 0.2) is 4.52 Å². The zero-order chi connectivity index (χ0) is 12.3. The maximum absolute atomic E-state index is 6.18. The fourth-order valence-electron chi connectivity index (χ4n) is 1.86. The van der Waals surface area contributed by atoms with Crippen molar-refractivity contribution in [1.82, 2.24) is 10.1 Å². The minimum absolute atomic E-state index is 0.365. The number of thioether (sulfide) groups is 2. The van der Waals surface area contributed by atoms with Crippen LogP contribution in [0.5, 0.6) is 0 Å². The quantitative estimate of drug-likeness (QED) is 0.909. The predicted octanol–water partition coefficient (Wildman–Crippen LogP) is 2.56. The Morgan fingerprint density at radius 2 is 2.35 bits per heavy atom. The van der Waals surface area contributed by atoms with E-state index in [1.807, 2.05) is 30.4 Å². The molecule has 1 aliphatic heterocycles. The van der Waals surface area contributed by atoms with Gasteiger partial charge >= 0.3 is 0 Å². The summed E-state index contributed by atoms with van der Waals surface area (Å²) in [5.41, 5.74) is 5.69. The van der Waals surface area contributed by atoms with E-state index in [1.54, 1.807) is 0 Å². The molecule has 2 atom stereocenters. The molecular weight excluding hydrogens is 254 g/mol. The Kier molecular flexibility index (Phi) is 4.38. The van der Waals surface area contributed by atoms with Crippen molar-refractivity contribution in [2.24, 2.45) is 5.73 Å². The second kappa shape index (κ2) is 5.63. The summed E-state index contributed by atoms with van der Waals surface area (Å²) in [5, 5.41) is 4.45. The molecule has 1 aromatic rings. The number of hydrogen-bond acceptors (Lipinski definition) is 6. The highest BCUT2D eigenvalue weighted by Gasteiger charge is 2.29. The predicted molar refractivity (Wildman–Crippen MR) is 73.3 cm³/mol. The summed E-state index contributed by atoms with van der Waals surface area (Å²) < 4.78 is 5.33. The van der Waals surface area contributed by atoms with Crippen LogP contribution in [-0.2, 0) is 5.54 Å². The fourth-order valence-corrected chi connectivity index (χ4v) is 4.45. The van der Waals surface area contributed by atoms with Crippen LogP contribution in [0.25, 0.3) is 0 Å². The van der Waals surface area contributed by atoms with Gasteiger partial charge in [0, 0.05) is 17.3 Å². The summed E-state index contributed by atoms with van der Waals surface area (Å²) in [6.45, 7) is 4.06. The fraction of sp³-hybridized carbons (Fsp3) is 0.818. The number of rotatable bonds is 4. The molecular formula is C11H19N3OS2. The Balaban J connectivity index is 2.09. The Hall–Kier alpha value is -0.200. The first-order valence-corrected chi connectivity index (χ1v) is 8.16. The van der Waals surface area contributed by atoms with Crippen molar-refractivity contribution in [2.75, 3.05) is 17.3 Å². The minimum atomic E-state index is -0.494. The molecule has 0 amide bonds. The van der Waals surface area contributed by atoms with E-state index in [2.05, 4.69) is 17.1 Å². The van der Waals surface area contributed by atoms with E-state index in [-0.39, 0.29) is 0 Å². The topological polar surface area (TPSA) is 64.9 Å². The summed E-state index contributed by atoms with van der Waals surface area (Å²) >= 11 is 3.86. The van der Waals surface area contributed by atoms with Gasteiger partial charge in [-0.3, -0.25) is 0 Å². The second-order valence-electron chi connectivity index (χ2n) is 4.56. The van der Waals surface area contributed by atoms with Crippen molar-refractivity contribution in [2.45, 2.75) is 37.5 Å². The molecule has 1 saturated heterocycles. The lowest BCUT2D eigenvalue weighted by molar-refractivity contribution is 0.282. The van der Waals surface area contributed by atoms with Gasteiger partial charge in [-0.2, -0.15) is 16.7 Å². The van der Waals surface area contributed by atoms with Crippen LogP contribution in [0.4, 0.5) is 0 Å². The van der Waals surface area contributed by atoms with Crippen LogP contribution in [0, 0.1) is 0 Å². The monoisotopic (exact) mass is 273 g/mol. The third kappa shape index (κ3) is 3.17. The average molecular weight is 273 g/mol. The Labute approximate surface area is 110 Å². The third-order valence-corrected chi connectivity index (χ3v) is 5.55. The molecule has 0 spiro atoms. The normalized spacial score (nSPS) is 24.5. The molecule has 2 heterocycles. The van der Waals surface area contributed by atoms with Gasteiger partial charge in [0.05, 0.1) is 10.8 Å². The van der Waals surface area contributed by atoms with Crippen LogP contribution >= 0.6 is 23.5 Å². The van der Waals surface area contributed by atoms with Crippen LogP contribution in [-0.4, -0.2) is 27.4 Å². The summed E-state index contributed by atoms with van der Waals surface area (Å²) in [6, 6.07) is 0. The lowest BCUT2D eigenvalue weighted by Gasteiger charge is -2.19. The molecule has 4 nitrogen and oxygen atoms in total. The van der Waals surface area contributed by atoms with E-state index in [0.717, 1.165) is 30.2 Å². The first-order valence-electron chi connectivity index (χ1n) is 5.96. The first kappa shape index (κ1) is 13.2. The highest BCUT2D eigenvalue weighted by molar-refractivity contribution is 8.06. The van der Waals surface area contributed by atoms with Gasteiger partial charge in [-0.15, -0.1) is 11.8 Å². The number of nitrogens with zero attached hydrogens (tertiary/aromatic N) is 2. The third-order valence-electron chi connectivity index (χ3n) is 2.80. The SMILES string of the molecule is CCCC(C)(N)c1nc(C2CSCCS2)no1. The van der Waals surface area contributed by atoms with Crippen molar-refractivity contribution >= 4 is 23.5 Å². The summed E-state index contributed by atoms with van der Waals surface area (Å²) in [4.78, 5) is 4.49. The van der Waals surface area contributed by atoms with Gasteiger partial charge in [0.1, 0.15) is 0 Å². The largest absolute Gasteiger partial charge is 0.337 e. The standard InChI is InChI=1S/C11H19N3OS2/c1-3-4-11(2,12)10-13-9(14-15-10)8-7-16-5-6-17-8/h8H,3-7,12H2,1-2H3. The van der Waals surface area contributed by atoms with E-state index in [9.17, 15) is 0 Å². The molecule has 1 aliphatic rings. The van der Waals surface area contributed by atoms with E-state index >= 15 is 0 Å². The van der Waals surface area contributed by atoms with E-state index < -0.39 is 5.54 Å². The van der Waals surface area contributed by atoms with E-state index in [0.29, 0.717) is 11.1 Å². The molecule has 2 unspecified atom stereocenters. The van der Waals surface area contributed by atoms with Crippen molar-refractivity contribution in [3.05, 3.63) is 11.7 Å². The first-order chi connectivity index (χ1) is 8.13. The summed E-state index contributed by atoms with van der Waals surface area (Å²) in [7, 11) is 0. The number of aromatic nitrogens is 2. The molecule has 2 N–H and O–H groups in total.